The molecule has 0 aromatic heterocycles. The van der Waals surface area contributed by atoms with Gasteiger partial charge in [0.15, 0.2) is 6.61 Å². The lowest BCUT2D eigenvalue weighted by atomic mass is 10.0. The zero-order valence-corrected chi connectivity index (χ0v) is 20.8. The largest absolute Gasteiger partial charge is 0.483 e. The highest BCUT2D eigenvalue weighted by Gasteiger charge is 2.30. The van der Waals surface area contributed by atoms with Crippen molar-refractivity contribution in [1.82, 2.24) is 10.2 Å². The molecule has 0 unspecified atom stereocenters. The summed E-state index contributed by atoms with van der Waals surface area (Å²) in [5.41, 5.74) is 3.92. The van der Waals surface area contributed by atoms with Gasteiger partial charge in [-0.25, -0.2) is 0 Å². The summed E-state index contributed by atoms with van der Waals surface area (Å²) >= 11 is 3.49. The molecule has 1 atom stereocenters. The first kappa shape index (κ1) is 24.5. The Morgan fingerprint density at radius 2 is 1.70 bits per heavy atom. The van der Waals surface area contributed by atoms with E-state index >= 15 is 0 Å². The SMILES string of the molecule is CNC(=O)[C@@H](Cc1ccccc1)N(Cc1cccc(Br)c1)C(=O)COc1cc(C)ccc1C. The molecule has 3 aromatic carbocycles. The van der Waals surface area contributed by atoms with Gasteiger partial charge in [-0.15, -0.1) is 0 Å². The number of nitrogens with zero attached hydrogens (tertiary/aromatic N) is 1. The van der Waals surface area contributed by atoms with E-state index in [0.29, 0.717) is 18.7 Å². The van der Waals surface area contributed by atoms with E-state index in [-0.39, 0.29) is 18.4 Å². The second kappa shape index (κ2) is 11.7. The number of rotatable bonds is 9. The number of halogens is 1. The second-order valence-corrected chi connectivity index (χ2v) is 8.94. The van der Waals surface area contributed by atoms with Crippen molar-refractivity contribution < 1.29 is 14.3 Å². The molecule has 0 saturated carbocycles. The minimum Gasteiger partial charge on any atom is -0.483 e. The molecule has 0 bridgehead atoms. The summed E-state index contributed by atoms with van der Waals surface area (Å²) < 4.78 is 6.82. The topological polar surface area (TPSA) is 58.6 Å². The molecule has 5 nitrogen and oxygen atoms in total. The lowest BCUT2D eigenvalue weighted by Gasteiger charge is -2.31. The number of hydrogen-bond donors (Lipinski definition) is 1. The Balaban J connectivity index is 1.89. The van der Waals surface area contributed by atoms with Crippen LogP contribution in [-0.2, 0) is 22.6 Å². The van der Waals surface area contributed by atoms with Gasteiger partial charge in [0.25, 0.3) is 5.91 Å². The van der Waals surface area contributed by atoms with Crippen molar-refractivity contribution in [2.24, 2.45) is 0 Å². The second-order valence-electron chi connectivity index (χ2n) is 8.03. The van der Waals surface area contributed by atoms with E-state index in [9.17, 15) is 9.59 Å². The highest BCUT2D eigenvalue weighted by atomic mass is 79.9. The lowest BCUT2D eigenvalue weighted by Crippen LogP contribution is -2.51. The fraction of sp³-hybridized carbons (Fsp3) is 0.259. The molecule has 0 saturated heterocycles. The van der Waals surface area contributed by atoms with Crippen LogP contribution in [0.4, 0.5) is 0 Å². The minimum absolute atomic E-state index is 0.152. The summed E-state index contributed by atoms with van der Waals surface area (Å²) in [7, 11) is 1.59. The minimum atomic E-state index is -0.675. The number of aryl methyl sites for hydroxylation is 2. The fourth-order valence-electron chi connectivity index (χ4n) is 3.64. The van der Waals surface area contributed by atoms with Crippen LogP contribution in [0.5, 0.6) is 5.75 Å². The molecule has 0 aliphatic carbocycles. The molecule has 1 N–H and O–H groups in total. The third-order valence-corrected chi connectivity index (χ3v) is 5.95. The van der Waals surface area contributed by atoms with Crippen LogP contribution in [0, 0.1) is 13.8 Å². The van der Waals surface area contributed by atoms with Crippen molar-refractivity contribution in [2.75, 3.05) is 13.7 Å². The van der Waals surface area contributed by atoms with Crippen LogP contribution in [0.25, 0.3) is 0 Å². The summed E-state index contributed by atoms with van der Waals surface area (Å²) in [5, 5.41) is 2.73. The first-order valence-electron chi connectivity index (χ1n) is 10.9. The van der Waals surface area contributed by atoms with E-state index in [1.165, 1.54) is 0 Å². The first-order valence-corrected chi connectivity index (χ1v) is 11.7. The Morgan fingerprint density at radius 3 is 2.39 bits per heavy atom. The first-order chi connectivity index (χ1) is 15.9. The van der Waals surface area contributed by atoms with Gasteiger partial charge in [-0.3, -0.25) is 9.59 Å². The van der Waals surface area contributed by atoms with Crippen LogP contribution < -0.4 is 10.1 Å². The molecule has 3 aromatic rings. The predicted octanol–water partition coefficient (Wildman–Crippen LogP) is 4.83. The summed E-state index contributed by atoms with van der Waals surface area (Å²) in [6, 6.07) is 22.7. The molecule has 172 valence electrons. The predicted molar refractivity (Wildman–Crippen MR) is 134 cm³/mol. The molecule has 0 heterocycles. The van der Waals surface area contributed by atoms with E-state index in [0.717, 1.165) is 26.7 Å². The maximum absolute atomic E-state index is 13.5. The van der Waals surface area contributed by atoms with Crippen LogP contribution in [0.3, 0.4) is 0 Å². The monoisotopic (exact) mass is 508 g/mol. The standard InChI is InChI=1S/C27H29BrN2O3/c1-19-12-13-20(2)25(14-19)33-18-26(31)30(17-22-10-7-11-23(28)15-22)24(27(32)29-3)16-21-8-5-4-6-9-21/h4-15,24H,16-18H2,1-3H3,(H,29,32)/t24-/m1/s1. The van der Waals surface area contributed by atoms with Gasteiger partial charge in [-0.2, -0.15) is 0 Å². The van der Waals surface area contributed by atoms with Crippen LogP contribution in [-0.4, -0.2) is 36.4 Å². The highest BCUT2D eigenvalue weighted by Crippen LogP contribution is 2.21. The van der Waals surface area contributed by atoms with E-state index in [1.54, 1.807) is 11.9 Å². The quantitative estimate of drug-likeness (QED) is 0.450. The molecule has 33 heavy (non-hydrogen) atoms. The Morgan fingerprint density at radius 1 is 0.970 bits per heavy atom. The smallest absolute Gasteiger partial charge is 0.261 e. The summed E-state index contributed by atoms with van der Waals surface area (Å²) in [6.45, 7) is 4.07. The van der Waals surface area contributed by atoms with E-state index in [4.69, 9.17) is 4.74 Å². The van der Waals surface area contributed by atoms with Crippen LogP contribution in [0.15, 0.2) is 77.3 Å². The van der Waals surface area contributed by atoms with Gasteiger partial charge in [-0.1, -0.05) is 70.5 Å². The van der Waals surface area contributed by atoms with Crippen molar-refractivity contribution in [1.29, 1.82) is 0 Å². The Labute approximate surface area is 203 Å². The van der Waals surface area contributed by atoms with E-state index < -0.39 is 6.04 Å². The number of carbonyl (C=O) groups is 2. The molecule has 3 rings (SSSR count). The summed E-state index contributed by atoms with van der Waals surface area (Å²) in [4.78, 5) is 28.0. The van der Waals surface area contributed by atoms with Gasteiger partial charge in [0, 0.05) is 24.5 Å². The lowest BCUT2D eigenvalue weighted by molar-refractivity contribution is -0.142. The van der Waals surface area contributed by atoms with Crippen LogP contribution in [0.1, 0.15) is 22.3 Å². The van der Waals surface area contributed by atoms with Gasteiger partial charge >= 0.3 is 0 Å². The van der Waals surface area contributed by atoms with Crippen molar-refractivity contribution in [3.05, 3.63) is 99.5 Å². The van der Waals surface area contributed by atoms with Gasteiger partial charge < -0.3 is 15.0 Å². The molecule has 0 radical (unpaired) electrons. The maximum Gasteiger partial charge on any atom is 0.261 e. The third-order valence-electron chi connectivity index (χ3n) is 5.45. The van der Waals surface area contributed by atoms with Crippen molar-refractivity contribution in [3.8, 4) is 5.75 Å². The summed E-state index contributed by atoms with van der Waals surface area (Å²) in [5.74, 6) is 0.208. The van der Waals surface area contributed by atoms with Gasteiger partial charge in [-0.05, 0) is 54.3 Å². The van der Waals surface area contributed by atoms with Gasteiger partial charge in [0.1, 0.15) is 11.8 Å². The zero-order valence-electron chi connectivity index (χ0n) is 19.2. The number of ether oxygens (including phenoxy) is 1. The number of nitrogens with one attached hydrogen (secondary N) is 1. The molecule has 0 spiro atoms. The molecule has 0 aliphatic heterocycles. The number of benzene rings is 3. The van der Waals surface area contributed by atoms with Crippen molar-refractivity contribution >= 4 is 27.7 Å². The van der Waals surface area contributed by atoms with Gasteiger partial charge in [0.2, 0.25) is 5.91 Å². The average molecular weight is 509 g/mol. The number of carbonyl (C=O) groups excluding carboxylic acids is 2. The Hall–Kier alpha value is -3.12. The molecular weight excluding hydrogens is 480 g/mol. The zero-order chi connectivity index (χ0) is 23.8. The molecule has 0 aliphatic rings. The molecule has 2 amide bonds. The highest BCUT2D eigenvalue weighted by molar-refractivity contribution is 9.10. The molecule has 6 heteroatoms. The fourth-order valence-corrected chi connectivity index (χ4v) is 4.08. The normalized spacial score (nSPS) is 11.5. The molecular formula is C27H29BrN2O3. The number of hydrogen-bond acceptors (Lipinski definition) is 3. The average Bonchev–Trinajstić information content (AvgIpc) is 2.82. The Bertz CT molecular complexity index is 1100. The number of amides is 2. The van der Waals surface area contributed by atoms with Crippen LogP contribution in [0.2, 0.25) is 0 Å². The van der Waals surface area contributed by atoms with Crippen molar-refractivity contribution in [2.45, 2.75) is 32.9 Å². The third kappa shape index (κ3) is 6.93. The van der Waals surface area contributed by atoms with E-state index in [2.05, 4.69) is 21.2 Å². The summed E-state index contributed by atoms with van der Waals surface area (Å²) in [6.07, 6.45) is 0.406. The van der Waals surface area contributed by atoms with E-state index in [1.807, 2.05) is 86.6 Å². The molecule has 0 fully saturated rings. The number of likely N-dealkylation sites (N-methyl/N-ethyl adjacent to an activating group) is 1. The Kier molecular flexibility index (Phi) is 8.66. The van der Waals surface area contributed by atoms with Gasteiger partial charge in [0.05, 0.1) is 0 Å². The maximum atomic E-state index is 13.5. The van der Waals surface area contributed by atoms with Crippen molar-refractivity contribution in [3.63, 3.8) is 0 Å². The van der Waals surface area contributed by atoms with Crippen LogP contribution >= 0.6 is 15.9 Å².